The number of nitrogens with zero attached hydrogens (tertiary/aromatic N) is 1. The Bertz CT molecular complexity index is 709. The number of carbonyl (C=O) groups excluding carboxylic acids is 2. The monoisotopic (exact) mass is 392 g/mol. The first-order valence-electron chi connectivity index (χ1n) is 10.3. The van der Waals surface area contributed by atoms with Gasteiger partial charge in [-0.25, -0.2) is 9.18 Å². The minimum absolute atomic E-state index is 0.0390. The number of nitrogens with one attached hydrogen (secondary N) is 1. The number of ether oxygens (including phenoxy) is 1. The molecule has 1 saturated heterocycles. The van der Waals surface area contributed by atoms with Crippen LogP contribution >= 0.6 is 0 Å². The van der Waals surface area contributed by atoms with Gasteiger partial charge in [-0.2, -0.15) is 0 Å². The van der Waals surface area contributed by atoms with Gasteiger partial charge in [-0.15, -0.1) is 0 Å². The molecule has 1 aliphatic carbocycles. The van der Waals surface area contributed by atoms with Gasteiger partial charge in [0, 0.05) is 25.0 Å². The van der Waals surface area contributed by atoms with Gasteiger partial charge >= 0.3 is 6.09 Å². The highest BCUT2D eigenvalue weighted by atomic mass is 19.1. The number of likely N-dealkylation sites (tertiary alicyclic amines) is 1. The molecule has 0 bridgehead atoms. The predicted molar refractivity (Wildman–Crippen MR) is 108 cm³/mol. The lowest BCUT2D eigenvalue weighted by Gasteiger charge is -2.34. The minimum atomic E-state index is -0.516. The third kappa shape index (κ3) is 4.47. The first-order valence-corrected chi connectivity index (χ1v) is 10.3. The number of methoxy groups -OCH3 is 1. The first kappa shape index (κ1) is 22.2. The fourth-order valence-electron chi connectivity index (χ4n) is 4.16. The lowest BCUT2D eigenvalue weighted by atomic mass is 9.86. The number of alkyl carbamates (subject to hydrolysis) is 1. The van der Waals surface area contributed by atoms with E-state index in [1.54, 1.807) is 13.0 Å². The second kappa shape index (κ2) is 9.39. The minimum Gasteiger partial charge on any atom is -0.453 e. The molecule has 0 aromatic heterocycles. The summed E-state index contributed by atoms with van der Waals surface area (Å²) in [7, 11) is 1.31. The number of fused-ring (bicyclic) bond motifs is 1. The third-order valence-electron chi connectivity index (χ3n) is 6.08. The van der Waals surface area contributed by atoms with E-state index in [1.165, 1.54) is 7.11 Å². The predicted octanol–water partition coefficient (Wildman–Crippen LogP) is 4.03. The van der Waals surface area contributed by atoms with E-state index < -0.39 is 6.09 Å². The van der Waals surface area contributed by atoms with Gasteiger partial charge in [-0.05, 0) is 49.3 Å². The summed E-state index contributed by atoms with van der Waals surface area (Å²) in [5, 5.41) is 2.62. The quantitative estimate of drug-likeness (QED) is 0.823. The molecule has 3 rings (SSSR count). The van der Waals surface area contributed by atoms with E-state index in [1.807, 2.05) is 37.8 Å². The highest BCUT2D eigenvalue weighted by molar-refractivity contribution is 5.80. The molecule has 2 amide bonds. The molecule has 5 nitrogen and oxygen atoms in total. The molecular weight excluding hydrogens is 359 g/mol. The summed E-state index contributed by atoms with van der Waals surface area (Å²) in [6, 6.07) is 5.55. The van der Waals surface area contributed by atoms with Gasteiger partial charge in [0.15, 0.2) is 0 Å². The summed E-state index contributed by atoms with van der Waals surface area (Å²) >= 11 is 0. The van der Waals surface area contributed by atoms with Crippen LogP contribution in [0.1, 0.15) is 51.2 Å². The van der Waals surface area contributed by atoms with E-state index in [2.05, 4.69) is 10.1 Å². The molecule has 2 aliphatic rings. The SMILES string of the molecule is CC.CCC(CNC(=O)OC)C(=O)N1CCC2(c3ccc(C)c(F)c3)CC2C1. The summed E-state index contributed by atoms with van der Waals surface area (Å²) in [5.41, 5.74) is 1.77. The average molecular weight is 393 g/mol. The van der Waals surface area contributed by atoms with Crippen LogP contribution in [0.2, 0.25) is 0 Å². The highest BCUT2D eigenvalue weighted by Gasteiger charge is 2.58. The molecule has 1 saturated carbocycles. The first-order chi connectivity index (χ1) is 13.4. The van der Waals surface area contributed by atoms with E-state index >= 15 is 0 Å². The maximum Gasteiger partial charge on any atom is 0.406 e. The van der Waals surface area contributed by atoms with Crippen molar-refractivity contribution in [2.75, 3.05) is 26.7 Å². The van der Waals surface area contributed by atoms with Crippen molar-refractivity contribution in [2.45, 2.75) is 52.4 Å². The second-order valence-corrected chi connectivity index (χ2v) is 7.53. The fourth-order valence-corrected chi connectivity index (χ4v) is 4.16. The summed E-state index contributed by atoms with van der Waals surface area (Å²) in [4.78, 5) is 26.0. The van der Waals surface area contributed by atoms with Crippen LogP contribution in [0.5, 0.6) is 0 Å². The fraction of sp³-hybridized carbons (Fsp3) is 0.636. The number of halogens is 1. The molecule has 0 radical (unpaired) electrons. The Labute approximate surface area is 167 Å². The largest absolute Gasteiger partial charge is 0.453 e. The number of benzene rings is 1. The van der Waals surface area contributed by atoms with Crippen LogP contribution in [-0.2, 0) is 14.9 Å². The molecule has 2 fully saturated rings. The van der Waals surface area contributed by atoms with Crippen molar-refractivity contribution < 1.29 is 18.7 Å². The second-order valence-electron chi connectivity index (χ2n) is 7.53. The van der Waals surface area contributed by atoms with Gasteiger partial charge < -0.3 is 15.0 Å². The van der Waals surface area contributed by atoms with Crippen LogP contribution in [0.15, 0.2) is 18.2 Å². The van der Waals surface area contributed by atoms with Crippen LogP contribution in [0.4, 0.5) is 9.18 Å². The van der Waals surface area contributed by atoms with Crippen LogP contribution < -0.4 is 5.32 Å². The van der Waals surface area contributed by atoms with Crippen molar-refractivity contribution in [3.63, 3.8) is 0 Å². The molecular formula is C22H33FN2O3. The van der Waals surface area contributed by atoms with Crippen LogP contribution in [0.3, 0.4) is 0 Å². The Balaban J connectivity index is 0.00000136. The van der Waals surface area contributed by atoms with Gasteiger partial charge in [-0.3, -0.25) is 4.79 Å². The number of carbonyl (C=O) groups is 2. The molecule has 3 unspecified atom stereocenters. The molecule has 156 valence electrons. The van der Waals surface area contributed by atoms with Gasteiger partial charge in [0.25, 0.3) is 0 Å². The van der Waals surface area contributed by atoms with Crippen molar-refractivity contribution >= 4 is 12.0 Å². The van der Waals surface area contributed by atoms with E-state index in [9.17, 15) is 14.0 Å². The van der Waals surface area contributed by atoms with Gasteiger partial charge in [0.2, 0.25) is 5.91 Å². The van der Waals surface area contributed by atoms with E-state index in [4.69, 9.17) is 0 Å². The Hall–Kier alpha value is -2.11. The zero-order chi connectivity index (χ0) is 20.9. The van der Waals surface area contributed by atoms with Gasteiger partial charge in [0.05, 0.1) is 13.0 Å². The summed E-state index contributed by atoms with van der Waals surface area (Å²) in [6.45, 7) is 9.40. The summed E-state index contributed by atoms with van der Waals surface area (Å²) in [5.74, 6) is 0.0889. The molecule has 28 heavy (non-hydrogen) atoms. The van der Waals surface area contributed by atoms with Crippen LogP contribution in [0.25, 0.3) is 0 Å². The van der Waals surface area contributed by atoms with Gasteiger partial charge in [0.1, 0.15) is 5.82 Å². The lowest BCUT2D eigenvalue weighted by Crippen LogP contribution is -2.46. The number of rotatable bonds is 5. The number of aryl methyl sites for hydroxylation is 1. The molecule has 1 aromatic carbocycles. The molecule has 1 aliphatic heterocycles. The molecule has 1 aromatic rings. The summed E-state index contributed by atoms with van der Waals surface area (Å²) < 4.78 is 18.5. The Kier molecular flexibility index (Phi) is 7.44. The zero-order valence-electron chi connectivity index (χ0n) is 17.7. The van der Waals surface area contributed by atoms with Crippen molar-refractivity contribution in [3.05, 3.63) is 35.1 Å². The van der Waals surface area contributed by atoms with Crippen molar-refractivity contribution in [1.29, 1.82) is 0 Å². The Morgan fingerprint density at radius 3 is 2.68 bits per heavy atom. The zero-order valence-corrected chi connectivity index (χ0v) is 17.7. The van der Waals surface area contributed by atoms with Crippen molar-refractivity contribution in [1.82, 2.24) is 10.2 Å². The smallest absolute Gasteiger partial charge is 0.406 e. The Morgan fingerprint density at radius 1 is 1.39 bits per heavy atom. The standard InChI is InChI=1S/C20H27FN2O3.C2H6/c1-4-14(11-22-19(25)26-3)18(24)23-8-7-20(10-16(20)12-23)15-6-5-13(2)17(21)9-15;1-2/h5-6,9,14,16H,4,7-8,10-12H2,1-3H3,(H,22,25);1-2H3. The molecule has 0 spiro atoms. The lowest BCUT2D eigenvalue weighted by molar-refractivity contribution is -0.136. The maximum atomic E-state index is 13.9. The molecule has 1 N–H and O–H groups in total. The van der Waals surface area contributed by atoms with Crippen LogP contribution in [-0.4, -0.2) is 43.6 Å². The number of piperidine rings is 1. The number of hydrogen-bond donors (Lipinski definition) is 1. The number of hydrogen-bond acceptors (Lipinski definition) is 3. The van der Waals surface area contributed by atoms with E-state index in [0.717, 1.165) is 18.4 Å². The number of amides is 2. The van der Waals surface area contributed by atoms with Gasteiger partial charge in [-0.1, -0.05) is 32.9 Å². The van der Waals surface area contributed by atoms with Crippen molar-refractivity contribution in [3.8, 4) is 0 Å². The molecule has 1 heterocycles. The Morgan fingerprint density at radius 2 is 2.11 bits per heavy atom. The van der Waals surface area contributed by atoms with E-state index in [0.29, 0.717) is 31.0 Å². The van der Waals surface area contributed by atoms with Crippen LogP contribution in [0, 0.1) is 24.6 Å². The normalized spacial score (nSPS) is 23.6. The average Bonchev–Trinajstić information content (AvgIpc) is 3.46. The summed E-state index contributed by atoms with van der Waals surface area (Å²) in [6.07, 6.45) is 2.03. The maximum absolute atomic E-state index is 13.9. The third-order valence-corrected chi connectivity index (χ3v) is 6.08. The highest BCUT2D eigenvalue weighted by Crippen LogP contribution is 2.59. The van der Waals surface area contributed by atoms with E-state index in [-0.39, 0.29) is 29.6 Å². The topological polar surface area (TPSA) is 58.6 Å². The molecule has 6 heteroatoms. The van der Waals surface area contributed by atoms with Crippen molar-refractivity contribution in [2.24, 2.45) is 11.8 Å². The molecule has 3 atom stereocenters.